The van der Waals surface area contributed by atoms with Crippen LogP contribution in [0.25, 0.3) is 0 Å². The molecule has 0 saturated carbocycles. The number of hydrogen-bond donors (Lipinski definition) is 1. The van der Waals surface area contributed by atoms with E-state index < -0.39 is 0 Å². The highest BCUT2D eigenvalue weighted by atomic mass is 35.5. The van der Waals surface area contributed by atoms with Crippen molar-refractivity contribution in [2.45, 2.75) is 58.9 Å². The van der Waals surface area contributed by atoms with Gasteiger partial charge in [0.15, 0.2) is 0 Å². The first-order chi connectivity index (χ1) is 9.08. The molecule has 1 aromatic rings. The molecule has 0 heterocycles. The molecule has 0 fully saturated rings. The Hall–Kier alpha value is -0.730. The molecular formula is C16H26ClNO. The summed E-state index contributed by atoms with van der Waals surface area (Å²) in [5.74, 6) is 0.980. The second kappa shape index (κ2) is 8.44. The number of benzene rings is 1. The average Bonchev–Trinajstić information content (AvgIpc) is 2.40. The van der Waals surface area contributed by atoms with Crippen LogP contribution in [0.5, 0.6) is 5.75 Å². The smallest absolute Gasteiger partial charge is 0.122 e. The summed E-state index contributed by atoms with van der Waals surface area (Å²) >= 11 is 6.21. The maximum Gasteiger partial charge on any atom is 0.122 e. The second-order valence-corrected chi connectivity index (χ2v) is 5.53. The van der Waals surface area contributed by atoms with Crippen molar-refractivity contribution in [2.24, 2.45) is 5.73 Å². The Morgan fingerprint density at radius 2 is 2.05 bits per heavy atom. The highest BCUT2D eigenvalue weighted by molar-refractivity contribution is 6.31. The number of hydrogen-bond acceptors (Lipinski definition) is 2. The van der Waals surface area contributed by atoms with E-state index in [4.69, 9.17) is 22.1 Å². The molecule has 0 amide bonds. The van der Waals surface area contributed by atoms with Gasteiger partial charge in [-0.05, 0) is 62.3 Å². The van der Waals surface area contributed by atoms with E-state index in [1.807, 2.05) is 19.1 Å². The van der Waals surface area contributed by atoms with Gasteiger partial charge in [-0.2, -0.15) is 0 Å². The van der Waals surface area contributed by atoms with Gasteiger partial charge in [0, 0.05) is 11.1 Å². The Morgan fingerprint density at radius 3 is 2.68 bits per heavy atom. The van der Waals surface area contributed by atoms with Crippen LogP contribution in [0, 0.1) is 6.92 Å². The zero-order chi connectivity index (χ0) is 14.3. The predicted octanol–water partition coefficient (Wildman–Crippen LogP) is 4.50. The minimum absolute atomic E-state index is 0.306. The van der Waals surface area contributed by atoms with E-state index in [0.29, 0.717) is 6.04 Å². The molecule has 0 aliphatic carbocycles. The van der Waals surface area contributed by atoms with Crippen LogP contribution >= 0.6 is 11.6 Å². The van der Waals surface area contributed by atoms with Gasteiger partial charge in [0.25, 0.3) is 0 Å². The molecule has 0 radical (unpaired) electrons. The Kier molecular flexibility index (Phi) is 7.25. The molecule has 0 saturated heterocycles. The minimum atomic E-state index is 0.306. The van der Waals surface area contributed by atoms with Gasteiger partial charge in [-0.15, -0.1) is 0 Å². The normalized spacial score (nSPS) is 12.5. The van der Waals surface area contributed by atoms with Crippen LogP contribution in [0.1, 0.15) is 50.7 Å². The maximum atomic E-state index is 6.21. The number of rotatable bonds is 8. The molecule has 0 aliphatic rings. The topological polar surface area (TPSA) is 35.2 Å². The van der Waals surface area contributed by atoms with Crippen LogP contribution in [0.4, 0.5) is 0 Å². The summed E-state index contributed by atoms with van der Waals surface area (Å²) in [6.07, 6.45) is 5.16. The van der Waals surface area contributed by atoms with Crippen molar-refractivity contribution < 1.29 is 4.74 Å². The summed E-state index contributed by atoms with van der Waals surface area (Å²) < 4.78 is 5.82. The van der Waals surface area contributed by atoms with E-state index in [9.17, 15) is 0 Å². The second-order valence-electron chi connectivity index (χ2n) is 5.12. The first-order valence-corrected chi connectivity index (χ1v) is 7.63. The van der Waals surface area contributed by atoms with Crippen LogP contribution < -0.4 is 10.5 Å². The largest absolute Gasteiger partial charge is 0.493 e. The van der Waals surface area contributed by atoms with E-state index in [1.54, 1.807) is 0 Å². The van der Waals surface area contributed by atoms with Crippen molar-refractivity contribution in [1.29, 1.82) is 0 Å². The van der Waals surface area contributed by atoms with Crippen molar-refractivity contribution in [2.75, 3.05) is 6.61 Å². The summed E-state index contributed by atoms with van der Waals surface area (Å²) in [7, 11) is 0. The lowest BCUT2D eigenvalue weighted by molar-refractivity contribution is 0.313. The highest BCUT2D eigenvalue weighted by Gasteiger charge is 2.08. The molecule has 0 aromatic heterocycles. The Balaban J connectivity index is 2.70. The van der Waals surface area contributed by atoms with E-state index in [-0.39, 0.29) is 0 Å². The third kappa shape index (κ3) is 5.42. The van der Waals surface area contributed by atoms with Gasteiger partial charge in [0.05, 0.1) is 6.61 Å². The summed E-state index contributed by atoms with van der Waals surface area (Å²) in [6, 6.07) is 4.40. The lowest BCUT2D eigenvalue weighted by Gasteiger charge is -2.14. The van der Waals surface area contributed by atoms with Gasteiger partial charge in [0.2, 0.25) is 0 Å². The van der Waals surface area contributed by atoms with E-state index in [2.05, 4.69) is 13.8 Å². The fourth-order valence-corrected chi connectivity index (χ4v) is 2.18. The molecule has 19 heavy (non-hydrogen) atoms. The molecule has 1 unspecified atom stereocenters. The predicted molar refractivity (Wildman–Crippen MR) is 83.2 cm³/mol. The lowest BCUT2D eigenvalue weighted by atomic mass is 10.0. The zero-order valence-electron chi connectivity index (χ0n) is 12.3. The molecular weight excluding hydrogens is 258 g/mol. The van der Waals surface area contributed by atoms with Crippen molar-refractivity contribution in [1.82, 2.24) is 0 Å². The molecule has 1 aromatic carbocycles. The van der Waals surface area contributed by atoms with E-state index in [0.717, 1.165) is 55.0 Å². The fraction of sp³-hybridized carbons (Fsp3) is 0.625. The molecule has 1 rings (SSSR count). The number of aryl methyl sites for hydroxylation is 2. The molecule has 108 valence electrons. The lowest BCUT2D eigenvalue weighted by Crippen LogP contribution is -2.18. The van der Waals surface area contributed by atoms with Gasteiger partial charge in [-0.1, -0.05) is 25.4 Å². The van der Waals surface area contributed by atoms with Gasteiger partial charge >= 0.3 is 0 Å². The van der Waals surface area contributed by atoms with E-state index >= 15 is 0 Å². The first-order valence-electron chi connectivity index (χ1n) is 7.25. The van der Waals surface area contributed by atoms with Crippen molar-refractivity contribution >= 4 is 11.6 Å². The molecule has 2 N–H and O–H groups in total. The van der Waals surface area contributed by atoms with Crippen molar-refractivity contribution in [3.63, 3.8) is 0 Å². The van der Waals surface area contributed by atoms with Crippen molar-refractivity contribution in [3.8, 4) is 5.75 Å². The van der Waals surface area contributed by atoms with Gasteiger partial charge in [-0.25, -0.2) is 0 Å². The molecule has 0 bridgehead atoms. The monoisotopic (exact) mass is 283 g/mol. The average molecular weight is 284 g/mol. The van der Waals surface area contributed by atoms with Crippen LogP contribution in [0.3, 0.4) is 0 Å². The van der Waals surface area contributed by atoms with Crippen LogP contribution in [-0.2, 0) is 6.42 Å². The van der Waals surface area contributed by atoms with Gasteiger partial charge in [0.1, 0.15) is 5.75 Å². The SMILES string of the molecule is CCCOc1cc(C)c(Cl)cc1CCCC(N)CC. The van der Waals surface area contributed by atoms with Gasteiger partial charge < -0.3 is 10.5 Å². The summed E-state index contributed by atoms with van der Waals surface area (Å²) in [6.45, 7) is 7.01. The van der Waals surface area contributed by atoms with Crippen LogP contribution in [0.2, 0.25) is 5.02 Å². The third-order valence-electron chi connectivity index (χ3n) is 3.35. The standard InChI is InChI=1S/C16H26ClNO/c1-4-9-19-16-10-12(3)15(17)11-13(16)7-6-8-14(18)5-2/h10-11,14H,4-9,18H2,1-3H3. The van der Waals surface area contributed by atoms with Crippen LogP contribution in [0.15, 0.2) is 12.1 Å². The summed E-state index contributed by atoms with van der Waals surface area (Å²) in [5.41, 5.74) is 8.22. The first kappa shape index (κ1) is 16.3. The van der Waals surface area contributed by atoms with Crippen LogP contribution in [-0.4, -0.2) is 12.6 Å². The summed E-state index contributed by atoms with van der Waals surface area (Å²) in [4.78, 5) is 0. The van der Waals surface area contributed by atoms with Crippen molar-refractivity contribution in [3.05, 3.63) is 28.3 Å². The third-order valence-corrected chi connectivity index (χ3v) is 3.76. The molecule has 0 aliphatic heterocycles. The van der Waals surface area contributed by atoms with E-state index in [1.165, 1.54) is 5.56 Å². The number of ether oxygens (including phenoxy) is 1. The Morgan fingerprint density at radius 1 is 1.32 bits per heavy atom. The molecule has 2 nitrogen and oxygen atoms in total. The van der Waals surface area contributed by atoms with Gasteiger partial charge in [-0.3, -0.25) is 0 Å². The molecule has 3 heteroatoms. The molecule has 0 spiro atoms. The Labute approximate surface area is 122 Å². The maximum absolute atomic E-state index is 6.21. The number of halogens is 1. The zero-order valence-corrected chi connectivity index (χ0v) is 13.1. The minimum Gasteiger partial charge on any atom is -0.493 e. The Bertz CT molecular complexity index is 393. The highest BCUT2D eigenvalue weighted by Crippen LogP contribution is 2.28. The molecule has 1 atom stereocenters. The number of nitrogens with two attached hydrogens (primary N) is 1. The summed E-state index contributed by atoms with van der Waals surface area (Å²) in [5, 5.41) is 0.818. The quantitative estimate of drug-likeness (QED) is 0.762. The fourth-order valence-electron chi connectivity index (χ4n) is 2.00.